The summed E-state index contributed by atoms with van der Waals surface area (Å²) in [4.78, 5) is 24.1. The molecule has 0 aliphatic rings. The lowest BCUT2D eigenvalue weighted by Gasteiger charge is -2.14. The largest absolute Gasteiger partial charge is 0.497 e. The monoisotopic (exact) mass is 393 g/mol. The van der Waals surface area contributed by atoms with Crippen LogP contribution in [-0.4, -0.2) is 32.2 Å². The Bertz CT molecular complexity index is 834. The Hall–Kier alpha value is -3.16. The van der Waals surface area contributed by atoms with E-state index in [1.54, 1.807) is 18.2 Å². The number of rotatable bonds is 8. The van der Waals surface area contributed by atoms with Crippen LogP contribution in [0.5, 0.6) is 11.5 Å². The van der Waals surface area contributed by atoms with Crippen LogP contribution >= 0.6 is 0 Å². The summed E-state index contributed by atoms with van der Waals surface area (Å²) in [7, 11) is 3.04. The molecule has 0 spiro atoms. The number of aryl methyl sites for hydroxylation is 1. The summed E-state index contributed by atoms with van der Waals surface area (Å²) in [5, 5.41) is 2.20. The van der Waals surface area contributed by atoms with Gasteiger partial charge in [-0.1, -0.05) is 0 Å². The molecule has 2 aromatic rings. The molecule has 1 atom stereocenters. The van der Waals surface area contributed by atoms with Crippen LogP contribution in [0.2, 0.25) is 0 Å². The Morgan fingerprint density at radius 2 is 1.68 bits per heavy atom. The molecule has 28 heavy (non-hydrogen) atoms. The second-order valence-corrected chi connectivity index (χ2v) is 5.97. The summed E-state index contributed by atoms with van der Waals surface area (Å²) in [5.41, 5.74) is 0.475. The Kier molecular flexibility index (Phi) is 7.31. The van der Waals surface area contributed by atoms with Gasteiger partial charge < -0.3 is 19.5 Å². The number of benzene rings is 2. The van der Waals surface area contributed by atoms with Gasteiger partial charge in [0.2, 0.25) is 0 Å². The number of methoxy groups -OCH3 is 2. The van der Waals surface area contributed by atoms with E-state index in [0.29, 0.717) is 17.9 Å². The van der Waals surface area contributed by atoms with Crippen LogP contribution in [0.25, 0.3) is 0 Å². The molecule has 0 saturated carbocycles. The van der Waals surface area contributed by atoms with Crippen molar-refractivity contribution in [2.75, 3.05) is 19.5 Å². The summed E-state index contributed by atoms with van der Waals surface area (Å²) < 4.78 is 42.1. The highest BCUT2D eigenvalue weighted by molar-refractivity contribution is 5.95. The van der Waals surface area contributed by atoms with E-state index in [1.807, 2.05) is 0 Å². The van der Waals surface area contributed by atoms with Crippen molar-refractivity contribution in [1.29, 1.82) is 0 Å². The molecule has 0 aromatic heterocycles. The van der Waals surface area contributed by atoms with E-state index in [0.717, 1.165) is 23.8 Å². The average Bonchev–Trinajstić information content (AvgIpc) is 2.68. The Morgan fingerprint density at radius 1 is 1.04 bits per heavy atom. The van der Waals surface area contributed by atoms with Gasteiger partial charge in [0, 0.05) is 18.6 Å². The van der Waals surface area contributed by atoms with Gasteiger partial charge in [-0.2, -0.15) is 0 Å². The zero-order chi connectivity index (χ0) is 20.7. The van der Waals surface area contributed by atoms with Crippen LogP contribution in [-0.2, 0) is 20.7 Å². The molecule has 0 fully saturated rings. The van der Waals surface area contributed by atoms with Crippen LogP contribution in [0.4, 0.5) is 14.5 Å². The van der Waals surface area contributed by atoms with Crippen LogP contribution in [0.15, 0.2) is 36.4 Å². The SMILES string of the molecule is COc1cc(CCC(=O)O[C@H](C)C(=O)Nc2cc(F)ccc2F)cc(OC)c1. The highest BCUT2D eigenvalue weighted by atomic mass is 19.1. The second-order valence-electron chi connectivity index (χ2n) is 5.97. The summed E-state index contributed by atoms with van der Waals surface area (Å²) in [6.07, 6.45) is -0.809. The normalized spacial score (nSPS) is 11.5. The Morgan fingerprint density at radius 3 is 2.29 bits per heavy atom. The minimum atomic E-state index is -1.17. The fourth-order valence-electron chi connectivity index (χ4n) is 2.39. The average molecular weight is 393 g/mol. The maximum atomic E-state index is 13.6. The number of esters is 1. The van der Waals surface area contributed by atoms with Crippen molar-refractivity contribution in [3.05, 3.63) is 53.6 Å². The van der Waals surface area contributed by atoms with Crippen LogP contribution in [0.1, 0.15) is 18.9 Å². The summed E-state index contributed by atoms with van der Waals surface area (Å²) in [6.45, 7) is 1.35. The quantitative estimate of drug-likeness (QED) is 0.695. The zero-order valence-corrected chi connectivity index (χ0v) is 15.8. The fourth-order valence-corrected chi connectivity index (χ4v) is 2.39. The molecule has 0 heterocycles. The summed E-state index contributed by atoms with van der Waals surface area (Å²) in [6, 6.07) is 7.90. The molecule has 0 saturated heterocycles. The summed E-state index contributed by atoms with van der Waals surface area (Å²) >= 11 is 0. The van der Waals surface area contributed by atoms with E-state index in [4.69, 9.17) is 14.2 Å². The molecule has 1 amide bonds. The number of halogens is 2. The van der Waals surface area contributed by atoms with Gasteiger partial charge >= 0.3 is 5.97 Å². The molecule has 1 N–H and O–H groups in total. The molecule has 6 nitrogen and oxygen atoms in total. The molecule has 8 heteroatoms. The number of carbonyl (C=O) groups is 2. The molecular formula is C20H21F2NO5. The highest BCUT2D eigenvalue weighted by Gasteiger charge is 2.19. The van der Waals surface area contributed by atoms with Gasteiger partial charge in [-0.25, -0.2) is 8.78 Å². The van der Waals surface area contributed by atoms with Crippen molar-refractivity contribution in [3.63, 3.8) is 0 Å². The number of nitrogens with one attached hydrogen (secondary N) is 1. The molecule has 2 rings (SSSR count). The van der Waals surface area contributed by atoms with Gasteiger partial charge in [-0.3, -0.25) is 9.59 Å². The number of hydrogen-bond donors (Lipinski definition) is 1. The third-order valence-corrected chi connectivity index (χ3v) is 3.89. The van der Waals surface area contributed by atoms with Crippen molar-refractivity contribution < 1.29 is 32.6 Å². The maximum absolute atomic E-state index is 13.6. The minimum Gasteiger partial charge on any atom is -0.497 e. The summed E-state index contributed by atoms with van der Waals surface area (Å²) in [5.74, 6) is -1.68. The lowest BCUT2D eigenvalue weighted by atomic mass is 10.1. The molecule has 0 aliphatic carbocycles. The molecule has 0 unspecified atom stereocenters. The van der Waals surface area contributed by atoms with Crippen molar-refractivity contribution in [2.24, 2.45) is 0 Å². The number of carbonyl (C=O) groups excluding carboxylic acids is 2. The van der Waals surface area contributed by atoms with Gasteiger partial charge in [0.05, 0.1) is 19.9 Å². The fraction of sp³-hybridized carbons (Fsp3) is 0.300. The lowest BCUT2D eigenvalue weighted by molar-refractivity contribution is -0.153. The van der Waals surface area contributed by atoms with Gasteiger partial charge in [0.15, 0.2) is 6.10 Å². The van der Waals surface area contributed by atoms with Crippen molar-refractivity contribution in [2.45, 2.75) is 25.9 Å². The number of ether oxygens (including phenoxy) is 3. The van der Waals surface area contributed by atoms with Crippen molar-refractivity contribution in [3.8, 4) is 11.5 Å². The first-order valence-electron chi connectivity index (χ1n) is 8.49. The van der Waals surface area contributed by atoms with E-state index < -0.39 is 29.6 Å². The molecule has 150 valence electrons. The second kappa shape index (κ2) is 9.68. The number of hydrogen-bond acceptors (Lipinski definition) is 5. The molecule has 0 bridgehead atoms. The Balaban J connectivity index is 1.90. The zero-order valence-electron chi connectivity index (χ0n) is 15.8. The smallest absolute Gasteiger partial charge is 0.306 e. The lowest BCUT2D eigenvalue weighted by Crippen LogP contribution is -2.30. The maximum Gasteiger partial charge on any atom is 0.306 e. The molecule has 0 aliphatic heterocycles. The number of anilines is 1. The Labute approximate surface area is 161 Å². The topological polar surface area (TPSA) is 73.9 Å². The predicted octanol–water partition coefficient (Wildman–Crippen LogP) is 3.49. The van der Waals surface area contributed by atoms with E-state index in [-0.39, 0.29) is 12.1 Å². The molecule has 0 radical (unpaired) electrons. The third kappa shape index (κ3) is 5.94. The third-order valence-electron chi connectivity index (χ3n) is 3.89. The molecule has 2 aromatic carbocycles. The van der Waals surface area contributed by atoms with Gasteiger partial charge in [0.25, 0.3) is 5.91 Å². The molecular weight excluding hydrogens is 372 g/mol. The number of amides is 1. The van der Waals surface area contributed by atoms with Crippen molar-refractivity contribution in [1.82, 2.24) is 0 Å². The van der Waals surface area contributed by atoms with Crippen LogP contribution < -0.4 is 14.8 Å². The first-order valence-corrected chi connectivity index (χ1v) is 8.49. The first kappa shape index (κ1) is 21.1. The van der Waals surface area contributed by atoms with Gasteiger partial charge in [-0.15, -0.1) is 0 Å². The van der Waals surface area contributed by atoms with E-state index in [2.05, 4.69) is 5.32 Å². The standard InChI is InChI=1S/C20H21F2NO5/c1-12(20(25)23-18-10-14(21)5-6-17(18)22)28-19(24)7-4-13-8-15(26-2)11-16(9-13)27-3/h5-6,8-12H,4,7H2,1-3H3,(H,23,25)/t12-/m1/s1. The minimum absolute atomic E-state index is 0.0161. The predicted molar refractivity (Wildman–Crippen MR) is 98.4 cm³/mol. The van der Waals surface area contributed by atoms with Gasteiger partial charge in [0.1, 0.15) is 23.1 Å². The van der Waals surface area contributed by atoms with Gasteiger partial charge in [-0.05, 0) is 43.2 Å². The van der Waals surface area contributed by atoms with E-state index in [1.165, 1.54) is 21.1 Å². The van der Waals surface area contributed by atoms with Crippen LogP contribution in [0.3, 0.4) is 0 Å². The first-order chi connectivity index (χ1) is 13.3. The van der Waals surface area contributed by atoms with Crippen LogP contribution in [0, 0.1) is 11.6 Å². The van der Waals surface area contributed by atoms with E-state index >= 15 is 0 Å². The highest BCUT2D eigenvalue weighted by Crippen LogP contribution is 2.23. The van der Waals surface area contributed by atoms with Crippen molar-refractivity contribution >= 4 is 17.6 Å². The van der Waals surface area contributed by atoms with E-state index in [9.17, 15) is 18.4 Å².